The third-order valence-corrected chi connectivity index (χ3v) is 3.74. The smallest absolute Gasteiger partial charge is 0.137 e. The van der Waals surface area contributed by atoms with Gasteiger partial charge in [-0.25, -0.2) is 0 Å². The maximum atomic E-state index is 10.3. The lowest BCUT2D eigenvalue weighted by atomic mass is 10.0. The molecule has 0 spiro atoms. The van der Waals surface area contributed by atoms with E-state index in [1.165, 1.54) is 0 Å². The fraction of sp³-hybridized carbons (Fsp3) is 0.294. The summed E-state index contributed by atoms with van der Waals surface area (Å²) in [4.78, 5) is 0. The van der Waals surface area contributed by atoms with Gasteiger partial charge in [0.15, 0.2) is 0 Å². The van der Waals surface area contributed by atoms with Crippen LogP contribution < -0.4 is 9.47 Å². The minimum Gasteiger partial charge on any atom is -0.497 e. The highest BCUT2D eigenvalue weighted by atomic mass is 35.5. The molecule has 1 unspecified atom stereocenters. The van der Waals surface area contributed by atoms with Gasteiger partial charge >= 0.3 is 0 Å². The van der Waals surface area contributed by atoms with Gasteiger partial charge in [-0.1, -0.05) is 29.8 Å². The topological polar surface area (TPSA) is 38.7 Å². The molecule has 112 valence electrons. The summed E-state index contributed by atoms with van der Waals surface area (Å²) in [5, 5.41) is 10.8. The van der Waals surface area contributed by atoms with Crippen molar-refractivity contribution in [2.24, 2.45) is 0 Å². The van der Waals surface area contributed by atoms with Gasteiger partial charge in [-0.2, -0.15) is 0 Å². The average Bonchev–Trinajstić information content (AvgIpc) is 2.53. The number of halogens is 1. The van der Waals surface area contributed by atoms with Crippen LogP contribution in [0.1, 0.15) is 23.7 Å². The molecule has 3 nitrogen and oxygen atoms in total. The third kappa shape index (κ3) is 4.13. The molecule has 0 aliphatic carbocycles. The van der Waals surface area contributed by atoms with Gasteiger partial charge in [-0.15, -0.1) is 0 Å². The van der Waals surface area contributed by atoms with E-state index in [2.05, 4.69) is 0 Å². The van der Waals surface area contributed by atoms with E-state index in [1.54, 1.807) is 26.4 Å². The van der Waals surface area contributed by atoms with Crippen molar-refractivity contribution in [3.8, 4) is 11.5 Å². The summed E-state index contributed by atoms with van der Waals surface area (Å²) in [5.41, 5.74) is 1.97. The number of ether oxygens (including phenoxy) is 2. The number of hydrogen-bond acceptors (Lipinski definition) is 3. The van der Waals surface area contributed by atoms with Crippen molar-refractivity contribution in [2.45, 2.75) is 18.9 Å². The van der Waals surface area contributed by atoms with Gasteiger partial charge in [0.25, 0.3) is 0 Å². The molecule has 1 N–H and O–H groups in total. The Kier molecular flexibility index (Phi) is 5.48. The Hall–Kier alpha value is -1.71. The van der Waals surface area contributed by atoms with Crippen LogP contribution in [0.3, 0.4) is 0 Å². The van der Waals surface area contributed by atoms with E-state index >= 15 is 0 Å². The van der Waals surface area contributed by atoms with Gasteiger partial charge in [0, 0.05) is 0 Å². The quantitative estimate of drug-likeness (QED) is 0.876. The number of benzene rings is 2. The molecule has 2 aromatic carbocycles. The third-order valence-electron chi connectivity index (χ3n) is 3.43. The summed E-state index contributed by atoms with van der Waals surface area (Å²) < 4.78 is 10.3. The van der Waals surface area contributed by atoms with E-state index in [-0.39, 0.29) is 0 Å². The maximum Gasteiger partial charge on any atom is 0.137 e. The predicted octanol–water partition coefficient (Wildman–Crippen LogP) is 4.02. The van der Waals surface area contributed by atoms with E-state index in [0.717, 1.165) is 23.3 Å². The highest BCUT2D eigenvalue weighted by Gasteiger charge is 2.11. The molecule has 4 heteroatoms. The SMILES string of the molecule is COc1ccc(CCC(O)c2ccc(Cl)c(OC)c2)cc1. The molecule has 0 fully saturated rings. The van der Waals surface area contributed by atoms with Crippen LogP contribution in [0.2, 0.25) is 5.02 Å². The predicted molar refractivity (Wildman–Crippen MR) is 84.3 cm³/mol. The van der Waals surface area contributed by atoms with Gasteiger partial charge in [-0.3, -0.25) is 0 Å². The van der Waals surface area contributed by atoms with E-state index in [1.807, 2.05) is 30.3 Å². The van der Waals surface area contributed by atoms with Crippen molar-refractivity contribution in [1.82, 2.24) is 0 Å². The fourth-order valence-corrected chi connectivity index (χ4v) is 2.34. The lowest BCUT2D eigenvalue weighted by molar-refractivity contribution is 0.167. The average molecular weight is 307 g/mol. The molecule has 0 amide bonds. The first-order valence-corrected chi connectivity index (χ1v) is 7.16. The summed E-state index contributed by atoms with van der Waals surface area (Å²) >= 11 is 5.98. The molecule has 0 aliphatic rings. The first-order chi connectivity index (χ1) is 10.1. The van der Waals surface area contributed by atoms with Crippen molar-refractivity contribution in [3.05, 3.63) is 58.6 Å². The highest BCUT2D eigenvalue weighted by molar-refractivity contribution is 6.32. The van der Waals surface area contributed by atoms with Crippen LogP contribution in [0.4, 0.5) is 0 Å². The number of hydrogen-bond donors (Lipinski definition) is 1. The van der Waals surface area contributed by atoms with Crippen molar-refractivity contribution in [1.29, 1.82) is 0 Å². The molecule has 0 aliphatic heterocycles. The Morgan fingerprint density at radius 2 is 1.76 bits per heavy atom. The van der Waals surface area contributed by atoms with E-state index < -0.39 is 6.10 Å². The molecular weight excluding hydrogens is 288 g/mol. The normalized spacial score (nSPS) is 12.0. The zero-order chi connectivity index (χ0) is 15.2. The Morgan fingerprint density at radius 3 is 2.38 bits per heavy atom. The Bertz CT molecular complexity index is 581. The van der Waals surface area contributed by atoms with Gasteiger partial charge in [-0.05, 0) is 48.2 Å². The lowest BCUT2D eigenvalue weighted by Gasteiger charge is -2.13. The molecule has 2 rings (SSSR count). The molecule has 0 saturated carbocycles. The molecule has 1 atom stereocenters. The Labute approximate surface area is 130 Å². The Balaban J connectivity index is 1.98. The van der Waals surface area contributed by atoms with Crippen molar-refractivity contribution >= 4 is 11.6 Å². The first-order valence-electron chi connectivity index (χ1n) is 6.78. The highest BCUT2D eigenvalue weighted by Crippen LogP contribution is 2.29. The number of aliphatic hydroxyl groups excluding tert-OH is 1. The zero-order valence-electron chi connectivity index (χ0n) is 12.2. The Morgan fingerprint density at radius 1 is 1.05 bits per heavy atom. The summed E-state index contributed by atoms with van der Waals surface area (Å²) in [7, 11) is 3.21. The first kappa shape index (κ1) is 15.7. The van der Waals surface area contributed by atoms with E-state index in [9.17, 15) is 5.11 Å². The van der Waals surface area contributed by atoms with Crippen molar-refractivity contribution < 1.29 is 14.6 Å². The second-order valence-electron chi connectivity index (χ2n) is 4.80. The number of aliphatic hydroxyl groups is 1. The van der Waals surface area contributed by atoms with Crippen molar-refractivity contribution in [3.63, 3.8) is 0 Å². The van der Waals surface area contributed by atoms with Crippen LogP contribution in [-0.4, -0.2) is 19.3 Å². The summed E-state index contributed by atoms with van der Waals surface area (Å²) in [5.74, 6) is 1.42. The fourth-order valence-electron chi connectivity index (χ4n) is 2.15. The molecule has 21 heavy (non-hydrogen) atoms. The van der Waals surface area contributed by atoms with Gasteiger partial charge < -0.3 is 14.6 Å². The summed E-state index contributed by atoms with van der Waals surface area (Å²) in [6, 6.07) is 13.2. The molecule has 0 heterocycles. The van der Waals surface area contributed by atoms with Crippen LogP contribution >= 0.6 is 11.6 Å². The molecule has 0 radical (unpaired) electrons. The molecule has 0 aromatic heterocycles. The van der Waals surface area contributed by atoms with Gasteiger partial charge in [0.05, 0.1) is 25.3 Å². The second kappa shape index (κ2) is 7.34. The minimum atomic E-state index is -0.543. The monoisotopic (exact) mass is 306 g/mol. The number of aryl methyl sites for hydroxylation is 1. The zero-order valence-corrected chi connectivity index (χ0v) is 12.9. The summed E-state index contributed by atoms with van der Waals surface area (Å²) in [6.07, 6.45) is 0.881. The molecule has 2 aromatic rings. The largest absolute Gasteiger partial charge is 0.497 e. The van der Waals surface area contributed by atoms with E-state index in [4.69, 9.17) is 21.1 Å². The maximum absolute atomic E-state index is 10.3. The molecule has 0 saturated heterocycles. The molecular formula is C17H19ClO3. The van der Waals surface area contributed by atoms with Gasteiger partial charge in [0.1, 0.15) is 11.5 Å². The molecule has 0 bridgehead atoms. The van der Waals surface area contributed by atoms with Crippen LogP contribution in [0.5, 0.6) is 11.5 Å². The number of rotatable bonds is 6. The van der Waals surface area contributed by atoms with Gasteiger partial charge in [0.2, 0.25) is 0 Å². The second-order valence-corrected chi connectivity index (χ2v) is 5.20. The van der Waals surface area contributed by atoms with Crippen LogP contribution in [0.25, 0.3) is 0 Å². The van der Waals surface area contributed by atoms with E-state index in [0.29, 0.717) is 17.2 Å². The van der Waals surface area contributed by atoms with Crippen LogP contribution in [0, 0.1) is 0 Å². The van der Waals surface area contributed by atoms with Crippen LogP contribution in [0.15, 0.2) is 42.5 Å². The minimum absolute atomic E-state index is 0.543. The van der Waals surface area contributed by atoms with Crippen molar-refractivity contribution in [2.75, 3.05) is 14.2 Å². The summed E-state index contributed by atoms with van der Waals surface area (Å²) in [6.45, 7) is 0. The van der Waals surface area contributed by atoms with Crippen LogP contribution in [-0.2, 0) is 6.42 Å². The lowest BCUT2D eigenvalue weighted by Crippen LogP contribution is -2.00. The number of methoxy groups -OCH3 is 2. The standard InChI is InChI=1S/C17H19ClO3/c1-20-14-7-3-12(4-8-14)5-10-16(19)13-6-9-15(18)17(11-13)21-2/h3-4,6-9,11,16,19H,5,10H2,1-2H3.